The van der Waals surface area contributed by atoms with Gasteiger partial charge in [-0.1, -0.05) is 0 Å². The van der Waals surface area contributed by atoms with Gasteiger partial charge in [0, 0.05) is 26.2 Å². The predicted octanol–water partition coefficient (Wildman–Crippen LogP) is -1.98. The van der Waals surface area contributed by atoms with Crippen molar-refractivity contribution in [3.63, 3.8) is 0 Å². The van der Waals surface area contributed by atoms with Crippen molar-refractivity contribution in [1.82, 2.24) is 14.5 Å². The number of nitrogens with two attached hydrogens (primary N) is 2. The van der Waals surface area contributed by atoms with E-state index in [0.717, 1.165) is 12.8 Å². The molecule has 0 aromatic carbocycles. The van der Waals surface area contributed by atoms with Gasteiger partial charge in [0.15, 0.2) is 0 Å². The summed E-state index contributed by atoms with van der Waals surface area (Å²) in [5.41, 5.74) is 10.1. The highest BCUT2D eigenvalue weighted by atomic mass is 16.2. The van der Waals surface area contributed by atoms with E-state index < -0.39 is 11.2 Å². The number of nitrogen functional groups attached to an aromatic ring is 1. The zero-order valence-corrected chi connectivity index (χ0v) is 11.9. The number of nitrogens with one attached hydrogen (secondary N) is 2. The van der Waals surface area contributed by atoms with E-state index in [2.05, 4.69) is 10.3 Å². The quantitative estimate of drug-likeness (QED) is 0.507. The highest BCUT2D eigenvalue weighted by molar-refractivity contribution is 5.75. The second kappa shape index (κ2) is 6.00. The predicted molar refractivity (Wildman–Crippen MR) is 79.0 cm³/mol. The van der Waals surface area contributed by atoms with Crippen LogP contribution in [0.5, 0.6) is 0 Å². The molecule has 1 aliphatic rings. The lowest BCUT2D eigenvalue weighted by atomic mass is 10.0. The second-order valence-corrected chi connectivity index (χ2v) is 5.24. The van der Waals surface area contributed by atoms with Gasteiger partial charge in [-0.05, 0) is 12.8 Å². The summed E-state index contributed by atoms with van der Waals surface area (Å²) in [6, 6.07) is 0.0648. The molecule has 1 aromatic rings. The van der Waals surface area contributed by atoms with Gasteiger partial charge in [-0.25, -0.2) is 4.79 Å². The molecule has 0 atom stereocenters. The van der Waals surface area contributed by atoms with E-state index >= 15 is 0 Å². The van der Waals surface area contributed by atoms with Crippen molar-refractivity contribution in [2.45, 2.75) is 18.9 Å². The number of amides is 1. The first-order chi connectivity index (χ1) is 9.88. The van der Waals surface area contributed by atoms with E-state index in [-0.39, 0.29) is 30.0 Å². The van der Waals surface area contributed by atoms with Gasteiger partial charge < -0.3 is 16.8 Å². The van der Waals surface area contributed by atoms with Gasteiger partial charge in [-0.3, -0.25) is 24.0 Å². The molecule has 1 saturated heterocycles. The number of rotatable bonds is 4. The average Bonchev–Trinajstić information content (AvgIpc) is 2.42. The van der Waals surface area contributed by atoms with Crippen molar-refractivity contribution in [1.29, 1.82) is 0 Å². The van der Waals surface area contributed by atoms with Crippen LogP contribution in [0.15, 0.2) is 9.59 Å². The second-order valence-electron chi connectivity index (χ2n) is 5.24. The molecule has 21 heavy (non-hydrogen) atoms. The molecule has 2 rings (SSSR count). The molecular formula is C12H20N6O3. The molecule has 116 valence electrons. The summed E-state index contributed by atoms with van der Waals surface area (Å²) in [6.07, 6.45) is 1.52. The average molecular weight is 296 g/mol. The van der Waals surface area contributed by atoms with E-state index in [1.54, 1.807) is 0 Å². The Bertz CT molecular complexity index is 641. The summed E-state index contributed by atoms with van der Waals surface area (Å²) in [4.78, 5) is 38.3. The molecule has 6 N–H and O–H groups in total. The molecule has 2 heterocycles. The van der Waals surface area contributed by atoms with E-state index in [1.165, 1.54) is 11.6 Å². The number of likely N-dealkylation sites (tertiary alicyclic amines) is 1. The molecule has 0 unspecified atom stereocenters. The Kier molecular flexibility index (Phi) is 4.32. The largest absolute Gasteiger partial charge is 0.383 e. The van der Waals surface area contributed by atoms with Crippen molar-refractivity contribution >= 4 is 17.4 Å². The third-order valence-corrected chi connectivity index (χ3v) is 3.69. The number of carbonyl (C=O) groups is 1. The third-order valence-electron chi connectivity index (χ3n) is 3.69. The molecule has 1 fully saturated rings. The summed E-state index contributed by atoms with van der Waals surface area (Å²) in [7, 11) is 1.49. The summed E-state index contributed by atoms with van der Waals surface area (Å²) >= 11 is 0. The highest BCUT2D eigenvalue weighted by Crippen LogP contribution is 2.17. The summed E-state index contributed by atoms with van der Waals surface area (Å²) in [5.74, 6) is -0.233. The number of primary amides is 1. The molecule has 0 aliphatic carbocycles. The molecule has 1 aromatic heterocycles. The minimum absolute atomic E-state index is 0.0648. The minimum Gasteiger partial charge on any atom is -0.383 e. The Morgan fingerprint density at radius 3 is 2.57 bits per heavy atom. The fourth-order valence-electron chi connectivity index (χ4n) is 2.44. The smallest absolute Gasteiger partial charge is 0.329 e. The molecule has 0 spiro atoms. The fourth-order valence-corrected chi connectivity index (χ4v) is 2.44. The van der Waals surface area contributed by atoms with Crippen molar-refractivity contribution in [2.75, 3.05) is 30.7 Å². The van der Waals surface area contributed by atoms with Crippen LogP contribution in [-0.2, 0) is 11.8 Å². The van der Waals surface area contributed by atoms with Gasteiger partial charge in [-0.2, -0.15) is 0 Å². The van der Waals surface area contributed by atoms with Crippen LogP contribution in [0, 0.1) is 0 Å². The number of aromatic amines is 1. The van der Waals surface area contributed by atoms with Crippen LogP contribution in [0.25, 0.3) is 0 Å². The monoisotopic (exact) mass is 296 g/mol. The molecular weight excluding hydrogens is 276 g/mol. The van der Waals surface area contributed by atoms with Gasteiger partial charge in [0.1, 0.15) is 11.5 Å². The number of hydrogen-bond donors (Lipinski definition) is 4. The van der Waals surface area contributed by atoms with Crippen LogP contribution in [0.1, 0.15) is 12.8 Å². The number of aromatic nitrogens is 2. The Labute approximate surface area is 120 Å². The van der Waals surface area contributed by atoms with Crippen LogP contribution < -0.4 is 28.0 Å². The summed E-state index contributed by atoms with van der Waals surface area (Å²) < 4.78 is 1.19. The van der Waals surface area contributed by atoms with Crippen molar-refractivity contribution in [2.24, 2.45) is 12.8 Å². The topological polar surface area (TPSA) is 139 Å². The third kappa shape index (κ3) is 3.43. The van der Waals surface area contributed by atoms with E-state index in [0.29, 0.717) is 13.1 Å². The summed E-state index contributed by atoms with van der Waals surface area (Å²) in [6.45, 7) is 1.67. The standard InChI is InChI=1S/C12H20N6O3/c1-17-10(14)9(11(20)16-12(17)21)15-7-2-4-18(5-3-7)6-8(13)19/h7,15H,2-6,14H2,1H3,(H2,13,19)(H,16,20,21). The Balaban J connectivity index is 2.05. The Morgan fingerprint density at radius 2 is 2.00 bits per heavy atom. The number of hydrogen-bond acceptors (Lipinski definition) is 6. The number of anilines is 2. The maximum absolute atomic E-state index is 11.8. The lowest BCUT2D eigenvalue weighted by Crippen LogP contribution is -2.44. The molecule has 0 radical (unpaired) electrons. The number of H-pyrrole nitrogens is 1. The lowest BCUT2D eigenvalue weighted by Gasteiger charge is -2.32. The van der Waals surface area contributed by atoms with E-state index in [9.17, 15) is 14.4 Å². The molecule has 1 aliphatic heterocycles. The number of nitrogens with zero attached hydrogens (tertiary/aromatic N) is 2. The maximum atomic E-state index is 11.8. The zero-order chi connectivity index (χ0) is 15.6. The molecule has 9 nitrogen and oxygen atoms in total. The molecule has 9 heteroatoms. The van der Waals surface area contributed by atoms with Crippen LogP contribution in [0.3, 0.4) is 0 Å². The molecule has 0 saturated carbocycles. The first kappa shape index (κ1) is 15.1. The van der Waals surface area contributed by atoms with Gasteiger partial charge in [0.25, 0.3) is 5.56 Å². The van der Waals surface area contributed by atoms with Crippen LogP contribution in [0.2, 0.25) is 0 Å². The van der Waals surface area contributed by atoms with Crippen LogP contribution in [-0.4, -0.2) is 46.0 Å². The minimum atomic E-state index is -0.542. The Morgan fingerprint density at radius 1 is 1.38 bits per heavy atom. The SMILES string of the molecule is Cn1c(N)c(NC2CCN(CC(N)=O)CC2)c(=O)[nH]c1=O. The van der Waals surface area contributed by atoms with Gasteiger partial charge >= 0.3 is 5.69 Å². The van der Waals surface area contributed by atoms with Crippen molar-refractivity contribution in [3.8, 4) is 0 Å². The van der Waals surface area contributed by atoms with Crippen LogP contribution in [0.4, 0.5) is 11.5 Å². The molecule has 1 amide bonds. The van der Waals surface area contributed by atoms with Crippen molar-refractivity contribution < 1.29 is 4.79 Å². The maximum Gasteiger partial charge on any atom is 0.329 e. The Hall–Kier alpha value is -2.29. The zero-order valence-electron chi connectivity index (χ0n) is 11.9. The molecule has 0 bridgehead atoms. The van der Waals surface area contributed by atoms with E-state index in [1.807, 2.05) is 4.90 Å². The number of carbonyl (C=O) groups excluding carboxylic acids is 1. The van der Waals surface area contributed by atoms with Gasteiger partial charge in [0.2, 0.25) is 5.91 Å². The highest BCUT2D eigenvalue weighted by Gasteiger charge is 2.22. The first-order valence-electron chi connectivity index (χ1n) is 6.74. The normalized spacial score (nSPS) is 16.8. The fraction of sp³-hybridized carbons (Fsp3) is 0.583. The first-order valence-corrected chi connectivity index (χ1v) is 6.74. The van der Waals surface area contributed by atoms with Crippen molar-refractivity contribution in [3.05, 3.63) is 20.8 Å². The number of piperidine rings is 1. The lowest BCUT2D eigenvalue weighted by molar-refractivity contribution is -0.119. The van der Waals surface area contributed by atoms with Crippen LogP contribution >= 0.6 is 0 Å². The van der Waals surface area contributed by atoms with Gasteiger partial charge in [0.05, 0.1) is 6.54 Å². The van der Waals surface area contributed by atoms with Gasteiger partial charge in [-0.15, -0.1) is 0 Å². The summed E-state index contributed by atoms with van der Waals surface area (Å²) in [5, 5.41) is 3.09. The van der Waals surface area contributed by atoms with E-state index in [4.69, 9.17) is 11.5 Å².